The zero-order chi connectivity index (χ0) is 9.56. The van der Waals surface area contributed by atoms with E-state index in [4.69, 9.17) is 10.8 Å². The van der Waals surface area contributed by atoms with Crippen LogP contribution in [0.1, 0.15) is 19.8 Å². The smallest absolute Gasteiger partial charge is 0.258 e. The highest BCUT2D eigenvalue weighted by Crippen LogP contribution is 1.85. The second kappa shape index (κ2) is 5.54. The van der Waals surface area contributed by atoms with Gasteiger partial charge >= 0.3 is 0 Å². The molecule has 4 N–H and O–H groups in total. The van der Waals surface area contributed by atoms with Crippen molar-refractivity contribution in [3.8, 4) is 0 Å². The number of carbonyl (C=O) groups excluding carboxylic acids is 2. The Morgan fingerprint density at radius 2 is 2.17 bits per heavy atom. The van der Waals surface area contributed by atoms with Crippen molar-refractivity contribution in [2.24, 2.45) is 5.73 Å². The van der Waals surface area contributed by atoms with Gasteiger partial charge in [-0.15, -0.1) is 0 Å². The fraction of sp³-hybridized carbons (Fsp3) is 0.714. The number of amides is 2. The summed E-state index contributed by atoms with van der Waals surface area (Å²) in [7, 11) is 0. The zero-order valence-corrected chi connectivity index (χ0v) is 7.04. The Morgan fingerprint density at radius 3 is 2.58 bits per heavy atom. The molecule has 1 atom stereocenters. The first-order valence-corrected chi connectivity index (χ1v) is 3.84. The number of aliphatic hydroxyl groups is 1. The predicted octanol–water partition coefficient (Wildman–Crippen LogP) is -1.25. The van der Waals surface area contributed by atoms with Crippen LogP contribution in [-0.2, 0) is 9.59 Å². The molecule has 0 aromatic heterocycles. The summed E-state index contributed by atoms with van der Waals surface area (Å²) in [5.74, 6) is -1.75. The van der Waals surface area contributed by atoms with E-state index in [-0.39, 0.29) is 0 Å². The van der Waals surface area contributed by atoms with E-state index in [2.05, 4.69) is 5.32 Å². The van der Waals surface area contributed by atoms with E-state index in [1.807, 2.05) is 6.92 Å². The Bertz CT molecular complexity index is 170. The molecule has 0 radical (unpaired) electrons. The minimum Gasteiger partial charge on any atom is -0.375 e. The summed E-state index contributed by atoms with van der Waals surface area (Å²) < 4.78 is 0. The molecule has 0 spiro atoms. The van der Waals surface area contributed by atoms with Gasteiger partial charge in [-0.1, -0.05) is 13.3 Å². The second-order valence-corrected chi connectivity index (χ2v) is 2.45. The van der Waals surface area contributed by atoms with E-state index in [9.17, 15) is 9.59 Å². The van der Waals surface area contributed by atoms with Gasteiger partial charge in [0.05, 0.1) is 0 Å². The maximum Gasteiger partial charge on any atom is 0.258 e. The first-order chi connectivity index (χ1) is 5.59. The zero-order valence-electron chi connectivity index (χ0n) is 7.04. The van der Waals surface area contributed by atoms with Crippen molar-refractivity contribution in [3.05, 3.63) is 0 Å². The lowest BCUT2D eigenvalue weighted by Crippen LogP contribution is -2.43. The highest BCUT2D eigenvalue weighted by Gasteiger charge is 2.19. The number of hydrogen-bond donors (Lipinski definition) is 3. The van der Waals surface area contributed by atoms with Crippen LogP contribution in [0.25, 0.3) is 0 Å². The standard InChI is InChI=1S/C7H14N2O3/c1-2-3-4-9-7(12)5(10)6(8)11/h5,10H,2-4H2,1H3,(H2,8,11)(H,9,12). The predicted molar refractivity (Wildman–Crippen MR) is 43.1 cm³/mol. The monoisotopic (exact) mass is 174 g/mol. The number of carbonyl (C=O) groups is 2. The Morgan fingerprint density at radius 1 is 1.58 bits per heavy atom. The Hall–Kier alpha value is -1.10. The molecular formula is C7H14N2O3. The molecule has 0 aliphatic heterocycles. The molecule has 1 unspecified atom stereocenters. The minimum absolute atomic E-state index is 0.458. The molecule has 0 saturated heterocycles. The van der Waals surface area contributed by atoms with Crippen LogP contribution >= 0.6 is 0 Å². The highest BCUT2D eigenvalue weighted by atomic mass is 16.3. The molecule has 70 valence electrons. The number of unbranched alkanes of at least 4 members (excludes halogenated alkanes) is 1. The van der Waals surface area contributed by atoms with Gasteiger partial charge in [0.1, 0.15) is 0 Å². The van der Waals surface area contributed by atoms with E-state index in [1.165, 1.54) is 0 Å². The number of hydrogen-bond acceptors (Lipinski definition) is 3. The van der Waals surface area contributed by atoms with Crippen LogP contribution in [0.4, 0.5) is 0 Å². The Labute approximate surface area is 70.9 Å². The number of nitrogens with two attached hydrogens (primary N) is 1. The van der Waals surface area contributed by atoms with E-state index in [1.54, 1.807) is 0 Å². The summed E-state index contributed by atoms with van der Waals surface area (Å²) in [6, 6.07) is 0. The molecule has 5 heteroatoms. The number of nitrogens with one attached hydrogen (secondary N) is 1. The molecule has 12 heavy (non-hydrogen) atoms. The van der Waals surface area contributed by atoms with Crippen molar-refractivity contribution in [1.82, 2.24) is 5.32 Å². The second-order valence-electron chi connectivity index (χ2n) is 2.45. The van der Waals surface area contributed by atoms with Crippen LogP contribution in [0.3, 0.4) is 0 Å². The molecule has 0 bridgehead atoms. The lowest BCUT2D eigenvalue weighted by molar-refractivity contribution is -0.139. The van der Waals surface area contributed by atoms with Crippen molar-refractivity contribution in [2.45, 2.75) is 25.9 Å². The summed E-state index contributed by atoms with van der Waals surface area (Å²) >= 11 is 0. The van der Waals surface area contributed by atoms with E-state index < -0.39 is 17.9 Å². The van der Waals surface area contributed by atoms with Crippen LogP contribution in [0.5, 0.6) is 0 Å². The number of aliphatic hydroxyl groups excluding tert-OH is 1. The average molecular weight is 174 g/mol. The summed E-state index contributed by atoms with van der Waals surface area (Å²) in [5, 5.41) is 11.2. The third-order valence-corrected chi connectivity index (χ3v) is 1.35. The summed E-state index contributed by atoms with van der Waals surface area (Å²) in [5.41, 5.74) is 4.69. The molecule has 0 fully saturated rings. The summed E-state index contributed by atoms with van der Waals surface area (Å²) in [6.07, 6.45) is 0.0336. The molecule has 0 saturated carbocycles. The summed E-state index contributed by atoms with van der Waals surface area (Å²) in [6.45, 7) is 2.43. The lowest BCUT2D eigenvalue weighted by atomic mass is 10.3. The van der Waals surface area contributed by atoms with Gasteiger partial charge in [0.2, 0.25) is 6.10 Å². The molecule has 0 aromatic rings. The van der Waals surface area contributed by atoms with Crippen molar-refractivity contribution < 1.29 is 14.7 Å². The fourth-order valence-electron chi connectivity index (χ4n) is 0.614. The molecule has 5 nitrogen and oxygen atoms in total. The van der Waals surface area contributed by atoms with E-state index >= 15 is 0 Å². The van der Waals surface area contributed by atoms with E-state index in [0.29, 0.717) is 6.54 Å². The van der Waals surface area contributed by atoms with Gasteiger partial charge in [-0.05, 0) is 6.42 Å². The number of rotatable bonds is 5. The van der Waals surface area contributed by atoms with Crippen LogP contribution in [0, 0.1) is 0 Å². The molecule has 0 rings (SSSR count). The topological polar surface area (TPSA) is 92.4 Å². The normalized spacial score (nSPS) is 12.2. The van der Waals surface area contributed by atoms with Gasteiger partial charge in [-0.25, -0.2) is 0 Å². The van der Waals surface area contributed by atoms with Gasteiger partial charge in [0.15, 0.2) is 0 Å². The van der Waals surface area contributed by atoms with Crippen molar-refractivity contribution >= 4 is 11.8 Å². The lowest BCUT2D eigenvalue weighted by Gasteiger charge is -2.06. The maximum absolute atomic E-state index is 10.8. The van der Waals surface area contributed by atoms with Crippen LogP contribution in [0.15, 0.2) is 0 Å². The largest absolute Gasteiger partial charge is 0.375 e. The fourth-order valence-corrected chi connectivity index (χ4v) is 0.614. The third-order valence-electron chi connectivity index (χ3n) is 1.35. The van der Waals surface area contributed by atoms with Gasteiger partial charge in [0, 0.05) is 6.54 Å². The summed E-state index contributed by atoms with van der Waals surface area (Å²) in [4.78, 5) is 21.1. The third kappa shape index (κ3) is 3.92. The van der Waals surface area contributed by atoms with Crippen molar-refractivity contribution in [1.29, 1.82) is 0 Å². The van der Waals surface area contributed by atoms with Gasteiger partial charge in [0.25, 0.3) is 11.8 Å². The Kier molecular flexibility index (Phi) is 5.03. The average Bonchev–Trinajstić information content (AvgIpc) is 2.03. The van der Waals surface area contributed by atoms with E-state index in [0.717, 1.165) is 12.8 Å². The van der Waals surface area contributed by atoms with Crippen molar-refractivity contribution in [3.63, 3.8) is 0 Å². The highest BCUT2D eigenvalue weighted by molar-refractivity contribution is 6.02. The molecule has 0 aromatic carbocycles. The maximum atomic E-state index is 10.8. The van der Waals surface area contributed by atoms with Crippen molar-refractivity contribution in [2.75, 3.05) is 6.54 Å². The number of primary amides is 1. The van der Waals surface area contributed by atoms with Gasteiger partial charge in [-0.3, -0.25) is 9.59 Å². The molecule has 0 aliphatic carbocycles. The minimum atomic E-state index is -1.72. The molecule has 2 amide bonds. The molecule has 0 aliphatic rings. The molecular weight excluding hydrogens is 160 g/mol. The molecule has 0 heterocycles. The Balaban J connectivity index is 3.65. The quantitative estimate of drug-likeness (QED) is 0.359. The van der Waals surface area contributed by atoms with Crippen LogP contribution < -0.4 is 11.1 Å². The van der Waals surface area contributed by atoms with Crippen LogP contribution in [0.2, 0.25) is 0 Å². The SMILES string of the molecule is CCCCNC(=O)C(O)C(N)=O. The van der Waals surface area contributed by atoms with Gasteiger partial charge in [-0.2, -0.15) is 0 Å². The van der Waals surface area contributed by atoms with Crippen LogP contribution in [-0.4, -0.2) is 29.6 Å². The first kappa shape index (κ1) is 10.9. The first-order valence-electron chi connectivity index (χ1n) is 3.84. The van der Waals surface area contributed by atoms with Gasteiger partial charge < -0.3 is 16.2 Å².